The van der Waals surface area contributed by atoms with E-state index in [1.807, 2.05) is 0 Å². The van der Waals surface area contributed by atoms with E-state index in [-0.39, 0.29) is 11.3 Å². The van der Waals surface area contributed by atoms with E-state index in [1.54, 1.807) is 6.08 Å². The lowest BCUT2D eigenvalue weighted by Crippen LogP contribution is -2.42. The Balaban J connectivity index is 2.56. The van der Waals surface area contributed by atoms with Crippen molar-refractivity contribution in [3.05, 3.63) is 12.7 Å². The van der Waals surface area contributed by atoms with Gasteiger partial charge in [-0.15, -0.1) is 6.58 Å². The zero-order chi connectivity index (χ0) is 10.4. The number of hydrogen-bond donors (Lipinski definition) is 2. The van der Waals surface area contributed by atoms with Gasteiger partial charge in [-0.3, -0.25) is 4.79 Å². The minimum Gasteiger partial charge on any atom is -0.352 e. The summed E-state index contributed by atoms with van der Waals surface area (Å²) in [6, 6.07) is 0. The Bertz CT molecular complexity index is 207. The van der Waals surface area contributed by atoms with Gasteiger partial charge in [0.05, 0.1) is 5.41 Å². The summed E-state index contributed by atoms with van der Waals surface area (Å²) in [5.74, 6) is 0.184. The summed E-state index contributed by atoms with van der Waals surface area (Å²) in [6.45, 7) is 8.08. The van der Waals surface area contributed by atoms with Crippen LogP contribution < -0.4 is 10.6 Å². The van der Waals surface area contributed by atoms with Gasteiger partial charge in [-0.05, 0) is 19.4 Å². The van der Waals surface area contributed by atoms with Crippen molar-refractivity contribution >= 4 is 5.91 Å². The van der Waals surface area contributed by atoms with Crippen molar-refractivity contribution in [2.75, 3.05) is 19.6 Å². The standard InChI is InChI=1S/C11H20N2O/c1-3-5-11(6-8-12-9-11)10(14)13-7-4-2/h4,12H,2-3,5-9H2,1H3,(H,13,14). The van der Waals surface area contributed by atoms with Crippen molar-refractivity contribution in [3.63, 3.8) is 0 Å². The number of carbonyl (C=O) groups is 1. The fraction of sp³-hybridized carbons (Fsp3) is 0.727. The third-order valence-corrected chi connectivity index (χ3v) is 2.86. The molecule has 80 valence electrons. The van der Waals surface area contributed by atoms with E-state index >= 15 is 0 Å². The lowest BCUT2D eigenvalue weighted by molar-refractivity contribution is -0.130. The van der Waals surface area contributed by atoms with Crippen LogP contribution in [0.5, 0.6) is 0 Å². The molecular weight excluding hydrogens is 176 g/mol. The van der Waals surface area contributed by atoms with Crippen molar-refractivity contribution in [2.24, 2.45) is 5.41 Å². The fourth-order valence-electron chi connectivity index (χ4n) is 2.10. The van der Waals surface area contributed by atoms with Gasteiger partial charge in [0.1, 0.15) is 0 Å². The van der Waals surface area contributed by atoms with Gasteiger partial charge < -0.3 is 10.6 Å². The highest BCUT2D eigenvalue weighted by Gasteiger charge is 2.39. The second-order valence-electron chi connectivity index (χ2n) is 3.96. The van der Waals surface area contributed by atoms with E-state index in [9.17, 15) is 4.79 Å². The molecule has 1 atom stereocenters. The van der Waals surface area contributed by atoms with Crippen LogP contribution in [0, 0.1) is 5.41 Å². The fourth-order valence-corrected chi connectivity index (χ4v) is 2.10. The van der Waals surface area contributed by atoms with Crippen molar-refractivity contribution in [1.29, 1.82) is 0 Å². The van der Waals surface area contributed by atoms with Crippen LogP contribution in [-0.2, 0) is 4.79 Å². The maximum Gasteiger partial charge on any atom is 0.227 e. The Morgan fingerprint density at radius 2 is 2.50 bits per heavy atom. The monoisotopic (exact) mass is 196 g/mol. The lowest BCUT2D eigenvalue weighted by atomic mass is 9.81. The quantitative estimate of drug-likeness (QED) is 0.646. The largest absolute Gasteiger partial charge is 0.352 e. The molecule has 1 amide bonds. The van der Waals surface area contributed by atoms with Gasteiger partial charge in [-0.2, -0.15) is 0 Å². The first-order chi connectivity index (χ1) is 6.75. The summed E-state index contributed by atoms with van der Waals surface area (Å²) < 4.78 is 0. The molecular formula is C11H20N2O. The zero-order valence-corrected chi connectivity index (χ0v) is 8.94. The molecule has 0 aromatic rings. The van der Waals surface area contributed by atoms with Gasteiger partial charge in [0.2, 0.25) is 5.91 Å². The van der Waals surface area contributed by atoms with Crippen LogP contribution in [-0.4, -0.2) is 25.5 Å². The Hall–Kier alpha value is -0.830. The van der Waals surface area contributed by atoms with Gasteiger partial charge in [0.15, 0.2) is 0 Å². The SMILES string of the molecule is C=CCNC(=O)C1(CCC)CCNC1. The molecule has 1 saturated heterocycles. The van der Waals surface area contributed by atoms with Crippen LogP contribution in [0.25, 0.3) is 0 Å². The third kappa shape index (κ3) is 2.35. The van der Waals surface area contributed by atoms with Gasteiger partial charge >= 0.3 is 0 Å². The summed E-state index contributed by atoms with van der Waals surface area (Å²) in [7, 11) is 0. The summed E-state index contributed by atoms with van der Waals surface area (Å²) in [6.07, 6.45) is 4.72. The van der Waals surface area contributed by atoms with E-state index in [0.29, 0.717) is 6.54 Å². The van der Waals surface area contributed by atoms with Gasteiger partial charge in [0.25, 0.3) is 0 Å². The molecule has 0 spiro atoms. The summed E-state index contributed by atoms with van der Waals surface area (Å²) in [5, 5.41) is 6.17. The molecule has 1 fully saturated rings. The molecule has 1 heterocycles. The molecule has 2 N–H and O–H groups in total. The first-order valence-electron chi connectivity index (χ1n) is 5.35. The average molecular weight is 196 g/mol. The number of rotatable bonds is 5. The molecule has 1 aliphatic rings. The summed E-state index contributed by atoms with van der Waals surface area (Å²) >= 11 is 0. The predicted molar refractivity (Wildman–Crippen MR) is 58.0 cm³/mol. The van der Waals surface area contributed by atoms with Crippen molar-refractivity contribution < 1.29 is 4.79 Å². The predicted octanol–water partition coefficient (Wildman–Crippen LogP) is 1.07. The maximum absolute atomic E-state index is 11.9. The molecule has 0 radical (unpaired) electrons. The van der Waals surface area contributed by atoms with Crippen LogP contribution in [0.4, 0.5) is 0 Å². The highest BCUT2D eigenvalue weighted by atomic mass is 16.2. The van der Waals surface area contributed by atoms with Crippen LogP contribution in [0.3, 0.4) is 0 Å². The third-order valence-electron chi connectivity index (χ3n) is 2.86. The topological polar surface area (TPSA) is 41.1 Å². The van der Waals surface area contributed by atoms with Crippen LogP contribution in [0.2, 0.25) is 0 Å². The average Bonchev–Trinajstić information content (AvgIpc) is 2.64. The minimum absolute atomic E-state index is 0.155. The molecule has 0 aromatic heterocycles. The maximum atomic E-state index is 11.9. The Morgan fingerprint density at radius 1 is 1.71 bits per heavy atom. The molecule has 14 heavy (non-hydrogen) atoms. The van der Waals surface area contributed by atoms with E-state index in [0.717, 1.165) is 32.4 Å². The lowest BCUT2D eigenvalue weighted by Gasteiger charge is -2.26. The van der Waals surface area contributed by atoms with E-state index in [1.165, 1.54) is 0 Å². The highest BCUT2D eigenvalue weighted by molar-refractivity contribution is 5.83. The molecule has 0 aromatic carbocycles. The van der Waals surface area contributed by atoms with Crippen molar-refractivity contribution in [1.82, 2.24) is 10.6 Å². The molecule has 3 nitrogen and oxygen atoms in total. The second-order valence-corrected chi connectivity index (χ2v) is 3.96. The van der Waals surface area contributed by atoms with Crippen LogP contribution in [0.15, 0.2) is 12.7 Å². The number of nitrogens with one attached hydrogen (secondary N) is 2. The molecule has 0 aliphatic carbocycles. The van der Waals surface area contributed by atoms with Gasteiger partial charge in [-0.25, -0.2) is 0 Å². The first-order valence-corrected chi connectivity index (χ1v) is 5.35. The first kappa shape index (κ1) is 11.2. The molecule has 1 unspecified atom stereocenters. The molecule has 0 bridgehead atoms. The van der Waals surface area contributed by atoms with E-state index in [2.05, 4.69) is 24.1 Å². The molecule has 3 heteroatoms. The summed E-state index contributed by atoms with van der Waals surface area (Å²) in [5.41, 5.74) is -0.155. The van der Waals surface area contributed by atoms with Crippen molar-refractivity contribution in [3.8, 4) is 0 Å². The molecule has 1 aliphatic heterocycles. The van der Waals surface area contributed by atoms with Crippen LogP contribution >= 0.6 is 0 Å². The number of hydrogen-bond acceptors (Lipinski definition) is 2. The Kier molecular flexibility index (Phi) is 4.14. The molecule has 0 saturated carbocycles. The molecule has 1 rings (SSSR count). The highest BCUT2D eigenvalue weighted by Crippen LogP contribution is 2.31. The zero-order valence-electron chi connectivity index (χ0n) is 8.94. The summed E-state index contributed by atoms with van der Waals surface area (Å²) in [4.78, 5) is 11.9. The number of amides is 1. The van der Waals surface area contributed by atoms with Gasteiger partial charge in [0, 0.05) is 13.1 Å². The smallest absolute Gasteiger partial charge is 0.227 e. The Morgan fingerprint density at radius 3 is 3.00 bits per heavy atom. The normalized spacial score (nSPS) is 26.1. The Labute approximate surface area is 86.0 Å². The van der Waals surface area contributed by atoms with Crippen molar-refractivity contribution in [2.45, 2.75) is 26.2 Å². The van der Waals surface area contributed by atoms with Crippen LogP contribution in [0.1, 0.15) is 26.2 Å². The van der Waals surface area contributed by atoms with E-state index in [4.69, 9.17) is 0 Å². The minimum atomic E-state index is -0.155. The van der Waals surface area contributed by atoms with E-state index < -0.39 is 0 Å². The van der Waals surface area contributed by atoms with Gasteiger partial charge in [-0.1, -0.05) is 19.4 Å². The second kappa shape index (κ2) is 5.15. The number of carbonyl (C=O) groups excluding carboxylic acids is 1.